The molecule has 4 aromatic rings. The standard InChI is InChI=1S/C25H27FN6/c1-5-32-24(17-6-8-18(26)9-7-17)23(16-10-12-30-13-11-16)31-25(32)22-20(28-3)14-19(27-2)15-21(22)29-4/h6-15,27-29H,5H2,1-4H3. The molecule has 0 bridgehead atoms. The van der Waals surface area contributed by atoms with E-state index >= 15 is 0 Å². The predicted molar refractivity (Wildman–Crippen MR) is 131 cm³/mol. The van der Waals surface area contributed by atoms with Crippen molar-refractivity contribution < 1.29 is 4.39 Å². The molecular weight excluding hydrogens is 403 g/mol. The summed E-state index contributed by atoms with van der Waals surface area (Å²) in [7, 11) is 5.71. The monoisotopic (exact) mass is 430 g/mol. The molecule has 0 amide bonds. The van der Waals surface area contributed by atoms with Gasteiger partial charge in [-0.25, -0.2) is 9.37 Å². The number of nitrogens with zero attached hydrogens (tertiary/aromatic N) is 3. The highest BCUT2D eigenvalue weighted by atomic mass is 19.1. The number of halogens is 1. The van der Waals surface area contributed by atoms with Crippen molar-refractivity contribution in [1.82, 2.24) is 14.5 Å². The summed E-state index contributed by atoms with van der Waals surface area (Å²) in [5.74, 6) is 0.564. The summed E-state index contributed by atoms with van der Waals surface area (Å²) in [6.45, 7) is 2.79. The highest BCUT2D eigenvalue weighted by molar-refractivity contribution is 5.92. The van der Waals surface area contributed by atoms with Crippen molar-refractivity contribution in [3.05, 3.63) is 66.7 Å². The Balaban J connectivity index is 2.06. The number of nitrogens with one attached hydrogen (secondary N) is 3. The Hall–Kier alpha value is -3.87. The second-order valence-corrected chi connectivity index (χ2v) is 7.32. The molecule has 0 spiro atoms. The van der Waals surface area contributed by atoms with Crippen molar-refractivity contribution in [1.29, 1.82) is 0 Å². The molecule has 0 aliphatic heterocycles. The van der Waals surface area contributed by atoms with Crippen LogP contribution in [0.1, 0.15) is 6.92 Å². The summed E-state index contributed by atoms with van der Waals surface area (Å²) in [6, 6.07) is 14.6. The zero-order valence-electron chi connectivity index (χ0n) is 18.7. The lowest BCUT2D eigenvalue weighted by atomic mass is 10.1. The van der Waals surface area contributed by atoms with Gasteiger partial charge in [0.2, 0.25) is 0 Å². The van der Waals surface area contributed by atoms with Crippen molar-refractivity contribution in [2.24, 2.45) is 0 Å². The first kappa shape index (κ1) is 21.4. The number of benzene rings is 2. The largest absolute Gasteiger partial charge is 0.388 e. The first-order chi connectivity index (χ1) is 15.6. The van der Waals surface area contributed by atoms with Gasteiger partial charge in [-0.2, -0.15) is 0 Å². The van der Waals surface area contributed by atoms with Crippen molar-refractivity contribution in [3.63, 3.8) is 0 Å². The molecule has 2 heterocycles. The molecule has 0 aliphatic carbocycles. The number of imidazole rings is 1. The number of hydrogen-bond acceptors (Lipinski definition) is 5. The third-order valence-electron chi connectivity index (χ3n) is 5.54. The van der Waals surface area contributed by atoms with Crippen LogP contribution in [0.3, 0.4) is 0 Å². The Morgan fingerprint density at radius 3 is 2.00 bits per heavy atom. The first-order valence-electron chi connectivity index (χ1n) is 10.6. The molecule has 6 nitrogen and oxygen atoms in total. The van der Waals surface area contributed by atoms with Gasteiger partial charge in [0, 0.05) is 68.3 Å². The quantitative estimate of drug-likeness (QED) is 0.358. The lowest BCUT2D eigenvalue weighted by Crippen LogP contribution is -2.06. The molecule has 0 fully saturated rings. The SMILES string of the molecule is CCn1c(-c2c(NC)cc(NC)cc2NC)nc(-c2ccncc2)c1-c1ccc(F)cc1. The predicted octanol–water partition coefficient (Wildman–Crippen LogP) is 5.56. The summed E-state index contributed by atoms with van der Waals surface area (Å²) < 4.78 is 15.9. The van der Waals surface area contributed by atoms with Gasteiger partial charge in [0.25, 0.3) is 0 Å². The third kappa shape index (κ3) is 3.77. The Labute approximate surface area is 187 Å². The van der Waals surface area contributed by atoms with Crippen LogP contribution in [0.4, 0.5) is 21.5 Å². The van der Waals surface area contributed by atoms with Crippen molar-refractivity contribution in [3.8, 4) is 33.9 Å². The maximum absolute atomic E-state index is 13.7. The van der Waals surface area contributed by atoms with E-state index in [1.165, 1.54) is 12.1 Å². The number of rotatable bonds is 7. The minimum absolute atomic E-state index is 0.264. The molecule has 0 aliphatic rings. The van der Waals surface area contributed by atoms with E-state index in [1.54, 1.807) is 24.5 Å². The van der Waals surface area contributed by atoms with Gasteiger partial charge in [0.1, 0.15) is 11.6 Å². The van der Waals surface area contributed by atoms with Crippen LogP contribution in [-0.2, 0) is 6.54 Å². The summed E-state index contributed by atoms with van der Waals surface area (Å²) in [5, 5.41) is 9.84. The lowest BCUT2D eigenvalue weighted by Gasteiger charge is -2.18. The van der Waals surface area contributed by atoms with E-state index in [0.29, 0.717) is 6.54 Å². The van der Waals surface area contributed by atoms with Crippen LogP contribution < -0.4 is 16.0 Å². The van der Waals surface area contributed by atoms with E-state index in [4.69, 9.17) is 4.98 Å². The number of pyridine rings is 1. The van der Waals surface area contributed by atoms with Gasteiger partial charge in [0.15, 0.2) is 0 Å². The van der Waals surface area contributed by atoms with Gasteiger partial charge in [-0.05, 0) is 55.5 Å². The van der Waals surface area contributed by atoms with Gasteiger partial charge in [-0.3, -0.25) is 4.98 Å². The zero-order valence-corrected chi connectivity index (χ0v) is 18.7. The number of anilines is 3. The van der Waals surface area contributed by atoms with Gasteiger partial charge in [-0.15, -0.1) is 0 Å². The fourth-order valence-corrected chi connectivity index (χ4v) is 3.98. The van der Waals surface area contributed by atoms with Crippen molar-refractivity contribution in [2.45, 2.75) is 13.5 Å². The highest BCUT2D eigenvalue weighted by Crippen LogP contribution is 2.42. The Kier molecular flexibility index (Phi) is 6.07. The molecule has 0 saturated carbocycles. The smallest absolute Gasteiger partial charge is 0.145 e. The zero-order chi connectivity index (χ0) is 22.7. The normalized spacial score (nSPS) is 10.8. The molecule has 2 aromatic heterocycles. The first-order valence-corrected chi connectivity index (χ1v) is 10.6. The van der Waals surface area contributed by atoms with E-state index in [0.717, 1.165) is 51.0 Å². The molecule has 0 radical (unpaired) electrons. The Morgan fingerprint density at radius 1 is 0.844 bits per heavy atom. The number of hydrogen-bond donors (Lipinski definition) is 3. The van der Waals surface area contributed by atoms with E-state index in [-0.39, 0.29) is 5.82 Å². The molecule has 4 rings (SSSR count). The molecule has 0 unspecified atom stereocenters. The van der Waals surface area contributed by atoms with Crippen LogP contribution >= 0.6 is 0 Å². The maximum atomic E-state index is 13.7. The number of aromatic nitrogens is 3. The van der Waals surface area contributed by atoms with Crippen molar-refractivity contribution in [2.75, 3.05) is 37.1 Å². The summed E-state index contributed by atoms with van der Waals surface area (Å²) in [5.41, 5.74) is 7.50. The van der Waals surface area contributed by atoms with Gasteiger partial charge >= 0.3 is 0 Å². The average molecular weight is 431 g/mol. The lowest BCUT2D eigenvalue weighted by molar-refractivity contribution is 0.628. The highest BCUT2D eigenvalue weighted by Gasteiger charge is 2.24. The van der Waals surface area contributed by atoms with Crippen LogP contribution in [-0.4, -0.2) is 35.7 Å². The fourth-order valence-electron chi connectivity index (χ4n) is 3.98. The minimum atomic E-state index is -0.264. The Morgan fingerprint density at radius 2 is 1.47 bits per heavy atom. The second-order valence-electron chi connectivity index (χ2n) is 7.32. The van der Waals surface area contributed by atoms with Gasteiger partial charge in [-0.1, -0.05) is 0 Å². The van der Waals surface area contributed by atoms with Crippen LogP contribution in [0.15, 0.2) is 60.9 Å². The summed E-state index contributed by atoms with van der Waals surface area (Å²) in [4.78, 5) is 9.29. The van der Waals surface area contributed by atoms with Crippen molar-refractivity contribution >= 4 is 17.1 Å². The van der Waals surface area contributed by atoms with Crippen LogP contribution in [0.5, 0.6) is 0 Å². The van der Waals surface area contributed by atoms with Crippen LogP contribution in [0.25, 0.3) is 33.9 Å². The fraction of sp³-hybridized carbons (Fsp3) is 0.200. The van der Waals surface area contributed by atoms with Crippen LogP contribution in [0, 0.1) is 5.82 Å². The Bertz CT molecular complexity index is 1190. The molecular formula is C25H27FN6. The summed E-state index contributed by atoms with van der Waals surface area (Å²) in [6.07, 6.45) is 3.52. The topological polar surface area (TPSA) is 66.8 Å². The minimum Gasteiger partial charge on any atom is -0.388 e. The second kappa shape index (κ2) is 9.09. The third-order valence-corrected chi connectivity index (χ3v) is 5.54. The molecule has 2 aromatic carbocycles. The van der Waals surface area contributed by atoms with Gasteiger partial charge in [0.05, 0.1) is 17.0 Å². The van der Waals surface area contributed by atoms with E-state index in [9.17, 15) is 4.39 Å². The average Bonchev–Trinajstić information content (AvgIpc) is 3.23. The van der Waals surface area contributed by atoms with Gasteiger partial charge < -0.3 is 20.5 Å². The summed E-state index contributed by atoms with van der Waals surface area (Å²) >= 11 is 0. The van der Waals surface area contributed by atoms with Crippen LogP contribution in [0.2, 0.25) is 0 Å². The van der Waals surface area contributed by atoms with E-state index < -0.39 is 0 Å². The van der Waals surface area contributed by atoms with E-state index in [2.05, 4.69) is 44.6 Å². The molecule has 0 atom stereocenters. The molecule has 7 heteroatoms. The molecule has 32 heavy (non-hydrogen) atoms. The molecule has 3 N–H and O–H groups in total. The van der Waals surface area contributed by atoms with E-state index in [1.807, 2.05) is 33.3 Å². The molecule has 0 saturated heterocycles. The molecule has 164 valence electrons. The maximum Gasteiger partial charge on any atom is 0.145 e.